The molecule has 0 aromatic carbocycles. The predicted octanol–water partition coefficient (Wildman–Crippen LogP) is 3.01. The van der Waals surface area contributed by atoms with Gasteiger partial charge in [-0.05, 0) is 32.6 Å². The fraction of sp³-hybridized carbons (Fsp3) is 0.706. The van der Waals surface area contributed by atoms with Crippen LogP contribution in [0.5, 0.6) is 0 Å². The van der Waals surface area contributed by atoms with Gasteiger partial charge in [0, 0.05) is 25.4 Å². The molecule has 2 aliphatic rings. The van der Waals surface area contributed by atoms with Crippen LogP contribution in [-0.4, -0.2) is 41.6 Å². The van der Waals surface area contributed by atoms with Gasteiger partial charge in [-0.2, -0.15) is 0 Å². The van der Waals surface area contributed by atoms with Gasteiger partial charge in [-0.1, -0.05) is 6.92 Å². The fourth-order valence-corrected chi connectivity index (χ4v) is 3.32. The molecular formula is C17H23F2N3O2. The average molecular weight is 339 g/mol. The summed E-state index contributed by atoms with van der Waals surface area (Å²) in [5.74, 6) is -3.60. The molecule has 0 spiro atoms. The van der Waals surface area contributed by atoms with Gasteiger partial charge in [0.15, 0.2) is 11.5 Å². The fourth-order valence-electron chi connectivity index (χ4n) is 3.32. The Morgan fingerprint density at radius 1 is 1.29 bits per heavy atom. The molecule has 1 atom stereocenters. The second kappa shape index (κ2) is 6.61. The van der Waals surface area contributed by atoms with Crippen LogP contribution in [0.1, 0.15) is 55.0 Å². The van der Waals surface area contributed by atoms with Gasteiger partial charge in [0.2, 0.25) is 0 Å². The molecule has 1 aliphatic heterocycles. The summed E-state index contributed by atoms with van der Waals surface area (Å²) >= 11 is 0. The number of rotatable bonds is 3. The maximum Gasteiger partial charge on any atom is 0.360 e. The highest BCUT2D eigenvalue weighted by atomic mass is 19.3. The Morgan fingerprint density at radius 3 is 2.58 bits per heavy atom. The van der Waals surface area contributed by atoms with Crippen LogP contribution in [-0.2, 0) is 17.6 Å². The van der Waals surface area contributed by atoms with Crippen LogP contribution in [0.3, 0.4) is 0 Å². The van der Waals surface area contributed by atoms with Gasteiger partial charge in [0.25, 0.3) is 5.92 Å². The molecule has 1 unspecified atom stereocenters. The van der Waals surface area contributed by atoms with Crippen LogP contribution < -0.4 is 4.90 Å². The van der Waals surface area contributed by atoms with Gasteiger partial charge in [0.1, 0.15) is 0 Å². The van der Waals surface area contributed by atoms with Gasteiger partial charge in [-0.25, -0.2) is 23.5 Å². The monoisotopic (exact) mass is 339 g/mol. The average Bonchev–Trinajstić information content (AvgIpc) is 2.56. The first-order valence-corrected chi connectivity index (χ1v) is 8.62. The summed E-state index contributed by atoms with van der Waals surface area (Å²) in [6.45, 7) is 3.82. The number of alkyl halides is 2. The van der Waals surface area contributed by atoms with Gasteiger partial charge < -0.3 is 9.64 Å². The third kappa shape index (κ3) is 3.21. The van der Waals surface area contributed by atoms with E-state index in [0.29, 0.717) is 5.82 Å². The zero-order valence-electron chi connectivity index (χ0n) is 14.1. The van der Waals surface area contributed by atoms with Crippen molar-refractivity contribution >= 4 is 11.8 Å². The smallest absolute Gasteiger partial charge is 0.360 e. The molecule has 1 fully saturated rings. The molecule has 2 heterocycles. The summed E-state index contributed by atoms with van der Waals surface area (Å²) in [4.78, 5) is 23.2. The minimum atomic E-state index is -2.68. The number of halogens is 2. The molecule has 1 aromatic heterocycles. The Balaban J connectivity index is 1.97. The third-order valence-corrected chi connectivity index (χ3v) is 4.81. The molecule has 24 heavy (non-hydrogen) atoms. The van der Waals surface area contributed by atoms with E-state index in [2.05, 4.69) is 9.97 Å². The molecule has 0 N–H and O–H groups in total. The lowest BCUT2D eigenvalue weighted by atomic mass is 9.95. The first-order chi connectivity index (χ1) is 11.4. The van der Waals surface area contributed by atoms with Crippen molar-refractivity contribution in [3.8, 4) is 0 Å². The molecule has 7 heteroatoms. The Morgan fingerprint density at radius 2 is 1.96 bits per heavy atom. The van der Waals surface area contributed by atoms with Crippen molar-refractivity contribution in [2.24, 2.45) is 5.92 Å². The molecule has 3 rings (SSSR count). The minimum absolute atomic E-state index is 0.160. The van der Waals surface area contributed by atoms with Crippen LogP contribution in [0.4, 0.5) is 14.6 Å². The Hall–Kier alpha value is -1.79. The second-order valence-electron chi connectivity index (χ2n) is 6.57. The predicted molar refractivity (Wildman–Crippen MR) is 85.6 cm³/mol. The Kier molecular flexibility index (Phi) is 4.69. The Labute approximate surface area is 140 Å². The highest BCUT2D eigenvalue weighted by Crippen LogP contribution is 2.36. The first-order valence-electron chi connectivity index (χ1n) is 8.62. The number of ether oxygens (including phenoxy) is 1. The van der Waals surface area contributed by atoms with Crippen molar-refractivity contribution in [3.05, 3.63) is 17.1 Å². The van der Waals surface area contributed by atoms with Crippen molar-refractivity contribution in [1.82, 2.24) is 9.97 Å². The summed E-state index contributed by atoms with van der Waals surface area (Å²) < 4.78 is 32.7. The molecule has 1 aliphatic carbocycles. The van der Waals surface area contributed by atoms with Crippen LogP contribution in [0.15, 0.2) is 0 Å². The number of aromatic nitrogens is 2. The maximum atomic E-state index is 13.8. The van der Waals surface area contributed by atoms with Gasteiger partial charge in [-0.3, -0.25) is 0 Å². The van der Waals surface area contributed by atoms with E-state index in [0.717, 1.165) is 37.1 Å². The third-order valence-electron chi connectivity index (χ3n) is 4.81. The summed E-state index contributed by atoms with van der Waals surface area (Å²) in [5.41, 5.74) is 1.88. The summed E-state index contributed by atoms with van der Waals surface area (Å²) in [5, 5.41) is 0. The standard InChI is InChI=1S/C17H23F2N3O2/c1-3-24-16(23)14-15(21-13-7-5-4-6-12(13)20-14)22-9-8-17(18,19)11(2)10-22/h11H,3-10H2,1-2H3. The largest absolute Gasteiger partial charge is 0.461 e. The molecule has 1 aromatic rings. The van der Waals surface area contributed by atoms with E-state index in [1.54, 1.807) is 11.8 Å². The van der Waals surface area contributed by atoms with E-state index in [-0.39, 0.29) is 31.8 Å². The maximum absolute atomic E-state index is 13.8. The molecule has 5 nitrogen and oxygen atoms in total. The minimum Gasteiger partial charge on any atom is -0.461 e. The molecule has 0 saturated carbocycles. The van der Waals surface area contributed by atoms with Crippen LogP contribution in [0, 0.1) is 5.92 Å². The zero-order valence-corrected chi connectivity index (χ0v) is 14.1. The lowest BCUT2D eigenvalue weighted by Crippen LogP contribution is -2.47. The highest BCUT2D eigenvalue weighted by molar-refractivity contribution is 5.92. The number of hydrogen-bond donors (Lipinski definition) is 0. The summed E-state index contributed by atoms with van der Waals surface area (Å²) in [6.07, 6.45) is 3.43. The van der Waals surface area contributed by atoms with Crippen molar-refractivity contribution in [1.29, 1.82) is 0 Å². The molecule has 0 radical (unpaired) electrons. The van der Waals surface area contributed by atoms with Crippen LogP contribution in [0.2, 0.25) is 0 Å². The van der Waals surface area contributed by atoms with Crippen molar-refractivity contribution in [2.45, 2.75) is 51.9 Å². The van der Waals surface area contributed by atoms with Gasteiger partial charge in [0.05, 0.1) is 18.0 Å². The summed E-state index contributed by atoms with van der Waals surface area (Å²) in [6, 6.07) is 0. The van der Waals surface area contributed by atoms with Crippen molar-refractivity contribution in [2.75, 3.05) is 24.6 Å². The van der Waals surface area contributed by atoms with Gasteiger partial charge in [-0.15, -0.1) is 0 Å². The van der Waals surface area contributed by atoms with Crippen molar-refractivity contribution in [3.63, 3.8) is 0 Å². The number of fused-ring (bicyclic) bond motifs is 1. The number of piperidine rings is 1. The van der Waals surface area contributed by atoms with E-state index in [1.165, 1.54) is 6.92 Å². The Bertz CT molecular complexity index is 637. The number of hydrogen-bond acceptors (Lipinski definition) is 5. The van der Waals surface area contributed by atoms with E-state index in [1.807, 2.05) is 0 Å². The number of nitrogens with zero attached hydrogens (tertiary/aromatic N) is 3. The normalized spacial score (nSPS) is 22.8. The summed E-state index contributed by atoms with van der Waals surface area (Å²) in [7, 11) is 0. The number of anilines is 1. The number of esters is 1. The van der Waals surface area contributed by atoms with E-state index >= 15 is 0 Å². The topological polar surface area (TPSA) is 55.3 Å². The zero-order chi connectivity index (χ0) is 17.3. The molecule has 0 amide bonds. The molecule has 1 saturated heterocycles. The number of aryl methyl sites for hydroxylation is 2. The van der Waals surface area contributed by atoms with Crippen LogP contribution in [0.25, 0.3) is 0 Å². The molecular weight excluding hydrogens is 316 g/mol. The molecule has 132 valence electrons. The second-order valence-corrected chi connectivity index (χ2v) is 6.57. The highest BCUT2D eigenvalue weighted by Gasteiger charge is 2.42. The first kappa shape index (κ1) is 17.0. The van der Waals surface area contributed by atoms with Crippen LogP contribution >= 0.6 is 0 Å². The van der Waals surface area contributed by atoms with Gasteiger partial charge >= 0.3 is 5.97 Å². The van der Waals surface area contributed by atoms with E-state index < -0.39 is 17.8 Å². The number of carbonyl (C=O) groups excluding carboxylic acids is 1. The van der Waals surface area contributed by atoms with E-state index in [9.17, 15) is 13.6 Å². The SMILES string of the molecule is CCOC(=O)c1nc2c(nc1N1CCC(F)(F)C(C)C1)CCCC2. The number of carbonyl (C=O) groups is 1. The quantitative estimate of drug-likeness (QED) is 0.793. The van der Waals surface area contributed by atoms with Crippen molar-refractivity contribution < 1.29 is 18.3 Å². The molecule has 0 bridgehead atoms. The van der Waals surface area contributed by atoms with E-state index in [4.69, 9.17) is 4.74 Å². The lowest BCUT2D eigenvalue weighted by molar-refractivity contribution is -0.0652. The lowest BCUT2D eigenvalue weighted by Gasteiger charge is -2.38.